The number of anilines is 2. The van der Waals surface area contributed by atoms with Crippen LogP contribution in [0.4, 0.5) is 11.4 Å². The van der Waals surface area contributed by atoms with Crippen LogP contribution in [0.15, 0.2) is 58.7 Å². The van der Waals surface area contributed by atoms with Gasteiger partial charge >= 0.3 is 0 Å². The molecule has 0 radical (unpaired) electrons. The maximum Gasteiger partial charge on any atom is 0.240 e. The molecule has 2 amide bonds. The van der Waals surface area contributed by atoms with Crippen LogP contribution in [0, 0.1) is 0 Å². The van der Waals surface area contributed by atoms with E-state index in [-0.39, 0.29) is 24.7 Å². The molecule has 0 bridgehead atoms. The number of hydrogen-bond donors (Lipinski definition) is 2. The number of hydrogen-bond acceptors (Lipinski definition) is 6. The van der Waals surface area contributed by atoms with Crippen LogP contribution in [0.5, 0.6) is 0 Å². The van der Waals surface area contributed by atoms with Gasteiger partial charge in [-0.2, -0.15) is 10.2 Å². The van der Waals surface area contributed by atoms with Gasteiger partial charge < -0.3 is 9.80 Å². The highest BCUT2D eigenvalue weighted by atomic mass is 16.2. The monoisotopic (exact) mass is 408 g/mol. The first-order chi connectivity index (χ1) is 14.3. The highest BCUT2D eigenvalue weighted by molar-refractivity contribution is 5.86. The van der Waals surface area contributed by atoms with Gasteiger partial charge in [-0.3, -0.25) is 9.59 Å². The molecule has 0 aromatic heterocycles. The highest BCUT2D eigenvalue weighted by Crippen LogP contribution is 2.11. The van der Waals surface area contributed by atoms with Crippen molar-refractivity contribution in [1.82, 2.24) is 10.9 Å². The van der Waals surface area contributed by atoms with Crippen LogP contribution in [-0.2, 0) is 9.59 Å². The molecule has 8 nitrogen and oxygen atoms in total. The van der Waals surface area contributed by atoms with Gasteiger partial charge in [-0.15, -0.1) is 0 Å². The van der Waals surface area contributed by atoms with E-state index < -0.39 is 0 Å². The summed E-state index contributed by atoms with van der Waals surface area (Å²) in [6.45, 7) is 0. The fourth-order valence-electron chi connectivity index (χ4n) is 2.41. The van der Waals surface area contributed by atoms with E-state index in [9.17, 15) is 9.59 Å². The molecule has 2 rings (SSSR count). The lowest BCUT2D eigenvalue weighted by atomic mass is 10.2. The summed E-state index contributed by atoms with van der Waals surface area (Å²) < 4.78 is 0. The average molecular weight is 409 g/mol. The summed E-state index contributed by atoms with van der Waals surface area (Å²) in [5.41, 5.74) is 8.73. The molecule has 0 atom stereocenters. The van der Waals surface area contributed by atoms with E-state index >= 15 is 0 Å². The highest BCUT2D eigenvalue weighted by Gasteiger charge is 2.05. The number of carbonyl (C=O) groups excluding carboxylic acids is 2. The molecule has 2 N–H and O–H groups in total. The van der Waals surface area contributed by atoms with E-state index in [1.165, 1.54) is 0 Å². The molecule has 0 spiro atoms. The van der Waals surface area contributed by atoms with Crippen LogP contribution in [0.25, 0.3) is 0 Å². The lowest BCUT2D eigenvalue weighted by molar-refractivity contribution is -0.126. The number of amides is 2. The van der Waals surface area contributed by atoms with Crippen LogP contribution in [-0.4, -0.2) is 52.4 Å². The first-order valence-corrected chi connectivity index (χ1v) is 9.54. The van der Waals surface area contributed by atoms with Crippen LogP contribution >= 0.6 is 0 Å². The fraction of sp³-hybridized carbons (Fsp3) is 0.273. The van der Waals surface area contributed by atoms with Gasteiger partial charge in [0, 0.05) is 52.4 Å². The Labute approximate surface area is 177 Å². The number of benzene rings is 2. The topological polar surface area (TPSA) is 89.4 Å². The second kappa shape index (κ2) is 11.4. The van der Waals surface area contributed by atoms with Crippen LogP contribution < -0.4 is 20.7 Å². The molecule has 158 valence electrons. The van der Waals surface area contributed by atoms with E-state index in [1.54, 1.807) is 12.4 Å². The van der Waals surface area contributed by atoms with Crippen LogP contribution in [0.1, 0.15) is 24.0 Å². The molecule has 30 heavy (non-hydrogen) atoms. The Morgan fingerprint density at radius 1 is 0.700 bits per heavy atom. The Kier molecular flexibility index (Phi) is 8.56. The third-order valence-corrected chi connectivity index (χ3v) is 4.20. The van der Waals surface area contributed by atoms with E-state index in [1.807, 2.05) is 86.5 Å². The molecule has 2 aromatic carbocycles. The van der Waals surface area contributed by atoms with E-state index in [2.05, 4.69) is 21.1 Å². The Balaban J connectivity index is 1.69. The SMILES string of the molecule is CN(C)c1ccc(/C=N\NC(=O)CCC(=O)N/N=C/c2ccc(N(C)C)cc2)cc1. The first-order valence-electron chi connectivity index (χ1n) is 9.54. The summed E-state index contributed by atoms with van der Waals surface area (Å²) in [7, 11) is 7.86. The third-order valence-electron chi connectivity index (χ3n) is 4.20. The van der Waals surface area contributed by atoms with E-state index in [4.69, 9.17) is 0 Å². The number of hydrazone groups is 2. The number of carbonyl (C=O) groups is 2. The van der Waals surface area contributed by atoms with Crippen molar-refractivity contribution in [3.63, 3.8) is 0 Å². The van der Waals surface area contributed by atoms with Crippen molar-refractivity contribution in [2.45, 2.75) is 12.8 Å². The maximum absolute atomic E-state index is 11.8. The van der Waals surface area contributed by atoms with Gasteiger partial charge in [0.15, 0.2) is 0 Å². The number of nitrogens with zero attached hydrogens (tertiary/aromatic N) is 4. The van der Waals surface area contributed by atoms with Gasteiger partial charge in [0.05, 0.1) is 12.4 Å². The average Bonchev–Trinajstić information content (AvgIpc) is 2.73. The first kappa shape index (κ1) is 22.6. The van der Waals surface area contributed by atoms with Gasteiger partial charge in [0.2, 0.25) is 11.8 Å². The Morgan fingerprint density at radius 3 is 1.33 bits per heavy atom. The fourth-order valence-corrected chi connectivity index (χ4v) is 2.41. The molecule has 0 heterocycles. The van der Waals surface area contributed by atoms with Crippen molar-refractivity contribution in [1.29, 1.82) is 0 Å². The van der Waals surface area contributed by atoms with Crippen molar-refractivity contribution in [3.8, 4) is 0 Å². The summed E-state index contributed by atoms with van der Waals surface area (Å²) in [5, 5.41) is 7.82. The minimum absolute atomic E-state index is 0.0236. The number of rotatable bonds is 9. The predicted octanol–water partition coefficient (Wildman–Crippen LogP) is 2.20. The standard InChI is InChI=1S/C22H28N6O2/c1-27(2)19-9-5-17(6-10-19)15-23-25-21(29)13-14-22(30)26-24-16-18-7-11-20(12-8-18)28(3)4/h5-12,15-16H,13-14H2,1-4H3,(H,25,29)(H,26,30)/b23-15-,24-16+. The van der Waals surface area contributed by atoms with Crippen molar-refractivity contribution in [3.05, 3.63) is 59.7 Å². The zero-order chi connectivity index (χ0) is 21.9. The predicted molar refractivity (Wildman–Crippen MR) is 122 cm³/mol. The molecule has 0 saturated carbocycles. The minimum atomic E-state index is -0.338. The molecule has 0 aliphatic heterocycles. The lowest BCUT2D eigenvalue weighted by Crippen LogP contribution is -2.22. The second-order valence-corrected chi connectivity index (χ2v) is 7.06. The maximum atomic E-state index is 11.8. The van der Waals surface area contributed by atoms with Crippen molar-refractivity contribution < 1.29 is 9.59 Å². The van der Waals surface area contributed by atoms with Gasteiger partial charge in [-0.25, -0.2) is 10.9 Å². The molecule has 0 unspecified atom stereocenters. The third kappa shape index (κ3) is 7.75. The van der Waals surface area contributed by atoms with Gasteiger partial charge in [0.1, 0.15) is 0 Å². The smallest absolute Gasteiger partial charge is 0.240 e. The largest absolute Gasteiger partial charge is 0.378 e. The summed E-state index contributed by atoms with van der Waals surface area (Å²) in [5.74, 6) is -0.677. The van der Waals surface area contributed by atoms with Crippen LogP contribution in [0.3, 0.4) is 0 Å². The molecule has 2 aromatic rings. The summed E-state index contributed by atoms with van der Waals surface area (Å²) in [4.78, 5) is 27.6. The van der Waals surface area contributed by atoms with E-state index in [0.717, 1.165) is 22.5 Å². The lowest BCUT2D eigenvalue weighted by Gasteiger charge is -2.11. The molecule has 0 fully saturated rings. The zero-order valence-electron chi connectivity index (χ0n) is 17.8. The summed E-state index contributed by atoms with van der Waals surface area (Å²) >= 11 is 0. The van der Waals surface area contributed by atoms with Crippen LogP contribution in [0.2, 0.25) is 0 Å². The quantitative estimate of drug-likeness (QED) is 0.492. The normalized spacial score (nSPS) is 10.9. The minimum Gasteiger partial charge on any atom is -0.378 e. The van der Waals surface area contributed by atoms with Gasteiger partial charge in [-0.1, -0.05) is 24.3 Å². The molecule has 8 heteroatoms. The van der Waals surface area contributed by atoms with Crippen molar-refractivity contribution in [2.75, 3.05) is 38.0 Å². The zero-order valence-corrected chi connectivity index (χ0v) is 17.8. The van der Waals surface area contributed by atoms with Gasteiger partial charge in [-0.05, 0) is 35.4 Å². The summed E-state index contributed by atoms with van der Waals surface area (Å²) in [6, 6.07) is 15.5. The summed E-state index contributed by atoms with van der Waals surface area (Å²) in [6.07, 6.45) is 3.16. The van der Waals surface area contributed by atoms with Crippen molar-refractivity contribution >= 4 is 35.6 Å². The Bertz CT molecular complexity index is 811. The Hall–Kier alpha value is -3.68. The second-order valence-electron chi connectivity index (χ2n) is 7.06. The van der Waals surface area contributed by atoms with Gasteiger partial charge in [0.25, 0.3) is 0 Å². The Morgan fingerprint density at radius 2 is 1.03 bits per heavy atom. The molecular formula is C22H28N6O2. The van der Waals surface area contributed by atoms with Crippen molar-refractivity contribution in [2.24, 2.45) is 10.2 Å². The van der Waals surface area contributed by atoms with E-state index in [0.29, 0.717) is 0 Å². The molecular weight excluding hydrogens is 380 g/mol. The number of nitrogens with one attached hydrogen (secondary N) is 2. The molecule has 0 aliphatic rings. The molecule has 0 saturated heterocycles. The molecule has 0 aliphatic carbocycles.